The summed E-state index contributed by atoms with van der Waals surface area (Å²) in [5.74, 6) is 0. The van der Waals surface area contributed by atoms with Crippen molar-refractivity contribution in [1.29, 1.82) is 0 Å². The van der Waals surface area contributed by atoms with Gasteiger partial charge in [-0.1, -0.05) is 19.3 Å². The fourth-order valence-corrected chi connectivity index (χ4v) is 2.92. The van der Waals surface area contributed by atoms with Crippen LogP contribution in [0.5, 0.6) is 0 Å². The summed E-state index contributed by atoms with van der Waals surface area (Å²) >= 11 is 0. The van der Waals surface area contributed by atoms with E-state index < -0.39 is 11.2 Å². The molecule has 0 aromatic carbocycles. The van der Waals surface area contributed by atoms with Crippen molar-refractivity contribution in [2.45, 2.75) is 89.9 Å². The number of ether oxygens (including phenoxy) is 1. The lowest BCUT2D eigenvalue weighted by molar-refractivity contribution is 0.0115. The molecule has 0 bridgehead atoms. The summed E-state index contributed by atoms with van der Waals surface area (Å²) in [4.78, 5) is 12.0. The van der Waals surface area contributed by atoms with Crippen LogP contribution < -0.4 is 5.32 Å². The standard InChI is InChI=1S/C15H29NO3/c1-13(2,3)19-12(17)16-15(11-14(4,5)18)9-7-6-8-10-15/h18H,6-11H2,1-5H3,(H,16,17). The largest absolute Gasteiger partial charge is 0.444 e. The molecule has 1 rings (SSSR count). The first kappa shape index (κ1) is 16.3. The number of hydrogen-bond donors (Lipinski definition) is 2. The molecule has 4 nitrogen and oxygen atoms in total. The summed E-state index contributed by atoms with van der Waals surface area (Å²) in [6, 6.07) is 0. The number of rotatable bonds is 3. The van der Waals surface area contributed by atoms with Gasteiger partial charge in [0.05, 0.1) is 5.60 Å². The Hall–Kier alpha value is -0.770. The smallest absolute Gasteiger partial charge is 0.408 e. The summed E-state index contributed by atoms with van der Waals surface area (Å²) in [6.45, 7) is 9.16. The quantitative estimate of drug-likeness (QED) is 0.827. The van der Waals surface area contributed by atoms with Gasteiger partial charge in [-0.3, -0.25) is 0 Å². The molecule has 1 saturated carbocycles. The van der Waals surface area contributed by atoms with E-state index in [0.717, 1.165) is 25.7 Å². The Morgan fingerprint density at radius 2 is 1.68 bits per heavy atom. The van der Waals surface area contributed by atoms with Crippen molar-refractivity contribution in [3.05, 3.63) is 0 Å². The van der Waals surface area contributed by atoms with Crippen LogP contribution in [0.25, 0.3) is 0 Å². The molecule has 0 aromatic rings. The highest BCUT2D eigenvalue weighted by molar-refractivity contribution is 5.68. The molecular formula is C15H29NO3. The maximum absolute atomic E-state index is 12.0. The van der Waals surface area contributed by atoms with Gasteiger partial charge in [0.15, 0.2) is 0 Å². The van der Waals surface area contributed by atoms with Crippen LogP contribution in [-0.4, -0.2) is 27.9 Å². The molecule has 0 heterocycles. The second-order valence-corrected chi connectivity index (χ2v) is 7.46. The van der Waals surface area contributed by atoms with E-state index in [1.54, 1.807) is 13.8 Å². The van der Waals surface area contributed by atoms with Crippen molar-refractivity contribution in [3.63, 3.8) is 0 Å². The first-order valence-corrected chi connectivity index (χ1v) is 7.25. The molecule has 1 aliphatic rings. The van der Waals surface area contributed by atoms with E-state index in [1.165, 1.54) is 6.42 Å². The fourth-order valence-electron chi connectivity index (χ4n) is 2.92. The Kier molecular flexibility index (Phi) is 4.88. The van der Waals surface area contributed by atoms with Crippen LogP contribution >= 0.6 is 0 Å². The molecule has 0 aliphatic heterocycles. The van der Waals surface area contributed by atoms with E-state index in [4.69, 9.17) is 4.74 Å². The zero-order valence-corrected chi connectivity index (χ0v) is 13.0. The minimum atomic E-state index is -0.785. The highest BCUT2D eigenvalue weighted by Gasteiger charge is 2.39. The van der Waals surface area contributed by atoms with E-state index in [2.05, 4.69) is 5.32 Å². The third-order valence-electron chi connectivity index (χ3n) is 3.35. The van der Waals surface area contributed by atoms with Gasteiger partial charge in [-0.2, -0.15) is 0 Å². The van der Waals surface area contributed by atoms with Gasteiger partial charge >= 0.3 is 6.09 Å². The minimum Gasteiger partial charge on any atom is -0.444 e. The van der Waals surface area contributed by atoms with Crippen molar-refractivity contribution in [2.24, 2.45) is 0 Å². The van der Waals surface area contributed by atoms with Gasteiger partial charge in [-0.15, -0.1) is 0 Å². The average molecular weight is 271 g/mol. The highest BCUT2D eigenvalue weighted by atomic mass is 16.6. The molecule has 112 valence electrons. The van der Waals surface area contributed by atoms with E-state index in [9.17, 15) is 9.90 Å². The predicted octanol–water partition coefficient (Wildman–Crippen LogP) is 3.38. The number of hydrogen-bond acceptors (Lipinski definition) is 3. The molecule has 1 aliphatic carbocycles. The number of amides is 1. The van der Waals surface area contributed by atoms with Crippen molar-refractivity contribution >= 4 is 6.09 Å². The van der Waals surface area contributed by atoms with Gasteiger partial charge in [0.25, 0.3) is 0 Å². The average Bonchev–Trinajstić information content (AvgIpc) is 2.11. The van der Waals surface area contributed by atoms with Gasteiger partial charge < -0.3 is 15.2 Å². The van der Waals surface area contributed by atoms with Gasteiger partial charge in [0, 0.05) is 5.54 Å². The normalized spacial score (nSPS) is 19.9. The molecular weight excluding hydrogens is 242 g/mol. The summed E-state index contributed by atoms with van der Waals surface area (Å²) in [6.07, 6.45) is 5.39. The number of alkyl carbamates (subject to hydrolysis) is 1. The topological polar surface area (TPSA) is 58.6 Å². The molecule has 0 atom stereocenters. The van der Waals surface area contributed by atoms with Crippen LogP contribution in [0.3, 0.4) is 0 Å². The molecule has 2 N–H and O–H groups in total. The minimum absolute atomic E-state index is 0.321. The van der Waals surface area contributed by atoms with Crippen molar-refractivity contribution < 1.29 is 14.6 Å². The van der Waals surface area contributed by atoms with E-state index in [0.29, 0.717) is 6.42 Å². The summed E-state index contributed by atoms with van der Waals surface area (Å²) in [5, 5.41) is 13.1. The van der Waals surface area contributed by atoms with Crippen molar-refractivity contribution in [2.75, 3.05) is 0 Å². The third kappa shape index (κ3) is 6.28. The summed E-state index contributed by atoms with van der Waals surface area (Å²) in [7, 11) is 0. The fraction of sp³-hybridized carbons (Fsp3) is 0.933. The third-order valence-corrected chi connectivity index (χ3v) is 3.35. The van der Waals surface area contributed by atoms with Gasteiger partial charge in [-0.05, 0) is 53.9 Å². The molecule has 0 radical (unpaired) electrons. The molecule has 0 aromatic heterocycles. The lowest BCUT2D eigenvalue weighted by Crippen LogP contribution is -2.54. The molecule has 0 spiro atoms. The Morgan fingerprint density at radius 3 is 2.11 bits per heavy atom. The number of nitrogens with one attached hydrogen (secondary N) is 1. The highest BCUT2D eigenvalue weighted by Crippen LogP contribution is 2.35. The van der Waals surface area contributed by atoms with Crippen molar-refractivity contribution in [3.8, 4) is 0 Å². The van der Waals surface area contributed by atoms with Crippen LogP contribution in [0, 0.1) is 0 Å². The lowest BCUT2D eigenvalue weighted by atomic mass is 9.75. The van der Waals surface area contributed by atoms with Crippen LogP contribution in [0.4, 0.5) is 4.79 Å². The zero-order valence-electron chi connectivity index (χ0n) is 13.0. The van der Waals surface area contributed by atoms with Crippen LogP contribution in [0.2, 0.25) is 0 Å². The SMILES string of the molecule is CC(C)(O)CC1(NC(=O)OC(C)(C)C)CCCCC1. The number of aliphatic hydroxyl groups is 1. The van der Waals surface area contributed by atoms with Crippen LogP contribution in [0.1, 0.15) is 73.1 Å². The first-order valence-electron chi connectivity index (χ1n) is 7.25. The predicted molar refractivity (Wildman–Crippen MR) is 76.1 cm³/mol. The maximum Gasteiger partial charge on any atom is 0.408 e. The Labute approximate surface area is 116 Å². The van der Waals surface area contributed by atoms with Gasteiger partial charge in [0.1, 0.15) is 5.60 Å². The molecule has 0 saturated heterocycles. The Balaban J connectivity index is 2.72. The van der Waals surface area contributed by atoms with E-state index in [-0.39, 0.29) is 11.6 Å². The zero-order chi connectivity index (χ0) is 14.7. The Bertz CT molecular complexity index is 306. The van der Waals surface area contributed by atoms with Gasteiger partial charge in [0.2, 0.25) is 0 Å². The number of carbonyl (C=O) groups is 1. The molecule has 0 unspecified atom stereocenters. The molecule has 19 heavy (non-hydrogen) atoms. The summed E-state index contributed by atoms with van der Waals surface area (Å²) < 4.78 is 5.35. The lowest BCUT2D eigenvalue weighted by Gasteiger charge is -2.41. The van der Waals surface area contributed by atoms with Gasteiger partial charge in [-0.25, -0.2) is 4.79 Å². The second-order valence-electron chi connectivity index (χ2n) is 7.46. The molecule has 1 amide bonds. The first-order chi connectivity index (χ1) is 8.52. The summed E-state index contributed by atoms with van der Waals surface area (Å²) in [5.41, 5.74) is -1.60. The van der Waals surface area contributed by atoms with Crippen LogP contribution in [-0.2, 0) is 4.74 Å². The molecule has 1 fully saturated rings. The number of carbonyl (C=O) groups excluding carboxylic acids is 1. The molecule has 4 heteroatoms. The van der Waals surface area contributed by atoms with E-state index >= 15 is 0 Å². The second kappa shape index (κ2) is 5.70. The monoisotopic (exact) mass is 271 g/mol. The maximum atomic E-state index is 12.0. The van der Waals surface area contributed by atoms with Crippen molar-refractivity contribution in [1.82, 2.24) is 5.32 Å². The Morgan fingerprint density at radius 1 is 1.16 bits per heavy atom. The van der Waals surface area contributed by atoms with Crippen LogP contribution in [0.15, 0.2) is 0 Å². The van der Waals surface area contributed by atoms with E-state index in [1.807, 2.05) is 20.8 Å².